The Labute approximate surface area is 194 Å². The van der Waals surface area contributed by atoms with Crippen LogP contribution in [0.25, 0.3) is 11.1 Å². The number of phenolic OH excluding ortho intramolecular Hbond substituents is 1. The highest BCUT2D eigenvalue weighted by Gasteiger charge is 2.10. The van der Waals surface area contributed by atoms with Gasteiger partial charge in [0.2, 0.25) is 0 Å². The van der Waals surface area contributed by atoms with Crippen molar-refractivity contribution >= 4 is 23.0 Å². The standard InChI is InChI=1S/C29H28N2O2/c1-19(2)26-6-4-5-7-27(26)31-28-18-24(15-8-20(28)3)30-29(33)23-11-9-21(10-12-23)22-13-16-25(32)17-14-22/h4-19,31-32H,1-3H3,(H,30,33). The van der Waals surface area contributed by atoms with E-state index in [4.69, 9.17) is 0 Å². The first kappa shape index (κ1) is 22.2. The van der Waals surface area contributed by atoms with E-state index in [9.17, 15) is 9.90 Å². The van der Waals surface area contributed by atoms with Gasteiger partial charge in [0.15, 0.2) is 0 Å². The fraction of sp³-hybridized carbons (Fsp3) is 0.138. The lowest BCUT2D eigenvalue weighted by atomic mass is 10.0. The van der Waals surface area contributed by atoms with Gasteiger partial charge >= 0.3 is 0 Å². The van der Waals surface area contributed by atoms with Crippen LogP contribution >= 0.6 is 0 Å². The van der Waals surface area contributed by atoms with Crippen LogP contribution in [-0.2, 0) is 0 Å². The molecule has 4 aromatic rings. The molecule has 3 N–H and O–H groups in total. The minimum absolute atomic E-state index is 0.162. The van der Waals surface area contributed by atoms with E-state index >= 15 is 0 Å². The summed E-state index contributed by atoms with van der Waals surface area (Å²) >= 11 is 0. The fourth-order valence-corrected chi connectivity index (χ4v) is 3.77. The van der Waals surface area contributed by atoms with Crippen LogP contribution in [0.4, 0.5) is 17.1 Å². The maximum absolute atomic E-state index is 12.8. The number of rotatable bonds is 6. The van der Waals surface area contributed by atoms with Gasteiger partial charge in [0.05, 0.1) is 0 Å². The summed E-state index contributed by atoms with van der Waals surface area (Å²) < 4.78 is 0. The zero-order valence-electron chi connectivity index (χ0n) is 19.1. The highest BCUT2D eigenvalue weighted by atomic mass is 16.3. The predicted octanol–water partition coefficient (Wildman–Crippen LogP) is 7.49. The van der Waals surface area contributed by atoms with Gasteiger partial charge in [-0.1, -0.05) is 62.4 Å². The molecule has 1 amide bonds. The highest BCUT2D eigenvalue weighted by molar-refractivity contribution is 6.04. The zero-order valence-corrected chi connectivity index (χ0v) is 19.1. The highest BCUT2D eigenvalue weighted by Crippen LogP contribution is 2.30. The third kappa shape index (κ3) is 5.24. The summed E-state index contributed by atoms with van der Waals surface area (Å²) in [6.45, 7) is 6.40. The summed E-state index contributed by atoms with van der Waals surface area (Å²) in [4.78, 5) is 12.8. The molecule has 166 valence electrons. The molecule has 0 fully saturated rings. The number of hydrogen-bond donors (Lipinski definition) is 3. The molecule has 0 bridgehead atoms. The van der Waals surface area contributed by atoms with Crippen LogP contribution in [0.5, 0.6) is 5.75 Å². The molecule has 4 rings (SSSR count). The van der Waals surface area contributed by atoms with Crippen LogP contribution in [0, 0.1) is 6.92 Å². The number of hydrogen-bond acceptors (Lipinski definition) is 3. The van der Waals surface area contributed by atoms with Crippen molar-refractivity contribution in [2.24, 2.45) is 0 Å². The van der Waals surface area contributed by atoms with Crippen LogP contribution in [0.15, 0.2) is 91.0 Å². The molecule has 4 nitrogen and oxygen atoms in total. The Balaban J connectivity index is 1.50. The smallest absolute Gasteiger partial charge is 0.255 e. The number of carbonyl (C=O) groups is 1. The monoisotopic (exact) mass is 436 g/mol. The van der Waals surface area contributed by atoms with E-state index in [1.54, 1.807) is 12.1 Å². The summed E-state index contributed by atoms with van der Waals surface area (Å²) in [5.74, 6) is 0.473. The molecular formula is C29H28N2O2. The van der Waals surface area contributed by atoms with Crippen molar-refractivity contribution in [3.05, 3.63) is 108 Å². The lowest BCUT2D eigenvalue weighted by Crippen LogP contribution is -2.12. The number of aryl methyl sites for hydroxylation is 1. The molecule has 4 aromatic carbocycles. The van der Waals surface area contributed by atoms with E-state index in [1.807, 2.05) is 67.6 Å². The number of benzene rings is 4. The van der Waals surface area contributed by atoms with E-state index in [0.717, 1.165) is 33.8 Å². The number of phenols is 1. The van der Waals surface area contributed by atoms with Gasteiger partial charge in [0, 0.05) is 22.6 Å². The molecule has 4 heteroatoms. The van der Waals surface area contributed by atoms with Crippen molar-refractivity contribution in [2.45, 2.75) is 26.7 Å². The molecule has 0 radical (unpaired) electrons. The molecule has 0 heterocycles. The van der Waals surface area contributed by atoms with Gasteiger partial charge in [-0.25, -0.2) is 0 Å². The van der Waals surface area contributed by atoms with Crippen LogP contribution in [0.3, 0.4) is 0 Å². The van der Waals surface area contributed by atoms with Gasteiger partial charge < -0.3 is 15.7 Å². The third-order valence-corrected chi connectivity index (χ3v) is 5.70. The van der Waals surface area contributed by atoms with Crippen molar-refractivity contribution in [3.8, 4) is 16.9 Å². The second-order valence-electron chi connectivity index (χ2n) is 8.47. The van der Waals surface area contributed by atoms with E-state index in [-0.39, 0.29) is 11.7 Å². The molecule has 0 aliphatic rings. The zero-order chi connectivity index (χ0) is 23.4. The fourth-order valence-electron chi connectivity index (χ4n) is 3.77. The number of anilines is 3. The lowest BCUT2D eigenvalue weighted by molar-refractivity contribution is 0.102. The quantitative estimate of drug-likeness (QED) is 0.293. The van der Waals surface area contributed by atoms with Crippen LogP contribution < -0.4 is 10.6 Å². The van der Waals surface area contributed by atoms with E-state index in [1.165, 1.54) is 5.56 Å². The SMILES string of the molecule is Cc1ccc(NC(=O)c2ccc(-c3ccc(O)cc3)cc2)cc1Nc1ccccc1C(C)C. The summed E-state index contributed by atoms with van der Waals surface area (Å²) in [5, 5.41) is 16.0. The lowest BCUT2D eigenvalue weighted by Gasteiger charge is -2.17. The van der Waals surface area contributed by atoms with Gasteiger partial charge in [-0.3, -0.25) is 4.79 Å². The second-order valence-corrected chi connectivity index (χ2v) is 8.47. The number of para-hydroxylation sites is 1. The normalized spacial score (nSPS) is 10.8. The summed E-state index contributed by atoms with van der Waals surface area (Å²) in [6.07, 6.45) is 0. The summed E-state index contributed by atoms with van der Waals surface area (Å²) in [6, 6.07) is 28.6. The minimum atomic E-state index is -0.162. The average molecular weight is 437 g/mol. The molecule has 0 saturated carbocycles. The number of amides is 1. The van der Waals surface area contributed by atoms with Crippen LogP contribution in [0.1, 0.15) is 41.3 Å². The molecule has 0 saturated heterocycles. The first-order valence-corrected chi connectivity index (χ1v) is 11.1. The summed E-state index contributed by atoms with van der Waals surface area (Å²) in [5.41, 5.74) is 7.67. The molecule has 0 unspecified atom stereocenters. The Morgan fingerprint density at radius 3 is 2.09 bits per heavy atom. The Hall–Kier alpha value is -4.05. The maximum Gasteiger partial charge on any atom is 0.255 e. The number of carbonyl (C=O) groups excluding carboxylic acids is 1. The van der Waals surface area contributed by atoms with E-state index in [0.29, 0.717) is 11.5 Å². The molecular weight excluding hydrogens is 408 g/mol. The van der Waals surface area contributed by atoms with Gasteiger partial charge in [-0.15, -0.1) is 0 Å². The van der Waals surface area contributed by atoms with Crippen molar-refractivity contribution in [2.75, 3.05) is 10.6 Å². The Morgan fingerprint density at radius 1 is 0.788 bits per heavy atom. The minimum Gasteiger partial charge on any atom is -0.508 e. The van der Waals surface area contributed by atoms with E-state index in [2.05, 4.69) is 42.7 Å². The number of aromatic hydroxyl groups is 1. The molecule has 0 aromatic heterocycles. The number of nitrogens with one attached hydrogen (secondary N) is 2. The first-order chi connectivity index (χ1) is 15.9. The maximum atomic E-state index is 12.8. The summed E-state index contributed by atoms with van der Waals surface area (Å²) in [7, 11) is 0. The molecule has 0 aliphatic heterocycles. The Morgan fingerprint density at radius 2 is 1.42 bits per heavy atom. The topological polar surface area (TPSA) is 61.4 Å². The van der Waals surface area contributed by atoms with Gasteiger partial charge in [0.1, 0.15) is 5.75 Å². The molecule has 0 atom stereocenters. The van der Waals surface area contributed by atoms with Gasteiger partial charge in [0.25, 0.3) is 5.91 Å². The predicted molar refractivity (Wildman–Crippen MR) is 136 cm³/mol. The first-order valence-electron chi connectivity index (χ1n) is 11.1. The van der Waals surface area contributed by atoms with Crippen LogP contribution in [0.2, 0.25) is 0 Å². The molecule has 0 spiro atoms. The van der Waals surface area contributed by atoms with E-state index < -0.39 is 0 Å². The van der Waals surface area contributed by atoms with Crippen LogP contribution in [-0.4, -0.2) is 11.0 Å². The van der Waals surface area contributed by atoms with Crippen molar-refractivity contribution in [1.82, 2.24) is 0 Å². The molecule has 33 heavy (non-hydrogen) atoms. The van der Waals surface area contributed by atoms with Crippen molar-refractivity contribution in [3.63, 3.8) is 0 Å². The average Bonchev–Trinajstić information content (AvgIpc) is 2.82. The van der Waals surface area contributed by atoms with Gasteiger partial charge in [-0.2, -0.15) is 0 Å². The Bertz CT molecular complexity index is 1260. The van der Waals surface area contributed by atoms with Gasteiger partial charge in [-0.05, 0) is 77.6 Å². The second kappa shape index (κ2) is 9.61. The Kier molecular flexibility index (Phi) is 6.45. The third-order valence-electron chi connectivity index (χ3n) is 5.70. The van der Waals surface area contributed by atoms with Crippen molar-refractivity contribution < 1.29 is 9.90 Å². The van der Waals surface area contributed by atoms with Crippen molar-refractivity contribution in [1.29, 1.82) is 0 Å². The largest absolute Gasteiger partial charge is 0.508 e. The molecule has 0 aliphatic carbocycles.